The summed E-state index contributed by atoms with van der Waals surface area (Å²) in [5, 5.41) is 24.1. The lowest BCUT2D eigenvalue weighted by Crippen LogP contribution is -2.33. The number of carbonyl (C=O) groups is 2. The van der Waals surface area contributed by atoms with Crippen LogP contribution in [-0.2, 0) is 0 Å². The molecule has 4 saturated heterocycles. The first-order chi connectivity index (χ1) is 30.0. The molecule has 340 valence electrons. The molecule has 18 heteroatoms. The normalized spacial score (nSPS) is 20.6. The van der Waals surface area contributed by atoms with E-state index in [-0.39, 0.29) is 50.6 Å². The fraction of sp³-hybridized carbons (Fsp3) is 0.435. The maximum absolute atomic E-state index is 14.7. The number of anilines is 4. The van der Waals surface area contributed by atoms with E-state index in [0.29, 0.717) is 69.5 Å². The number of β-amino-alcohol motifs (C(OH)–C–C–N with tert-alkyl or cyclic N) is 1. The van der Waals surface area contributed by atoms with Gasteiger partial charge in [-0.3, -0.25) is 0 Å². The monoisotopic (exact) mass is 942 g/mol. The molecule has 2 aromatic carbocycles. The Kier molecular flexibility index (Phi) is 14.0. The molecule has 0 spiro atoms. The highest BCUT2D eigenvalue weighted by Crippen LogP contribution is 2.39. The van der Waals surface area contributed by atoms with Gasteiger partial charge in [0.25, 0.3) is 0 Å². The maximum Gasteiger partial charge on any atom is 0.322 e. The quantitative estimate of drug-likeness (QED) is 0.148. The molecular formula is C46H57BrF2N12O3. The molecule has 4 aliphatic rings. The fourth-order valence-electron chi connectivity index (χ4n) is 9.05. The first-order valence-corrected chi connectivity index (χ1v) is 22.0. The van der Waals surface area contributed by atoms with Crippen molar-refractivity contribution in [3.63, 3.8) is 0 Å². The van der Waals surface area contributed by atoms with Crippen molar-refractivity contribution in [1.29, 1.82) is 0 Å². The zero-order valence-corrected chi connectivity index (χ0v) is 36.2. The second-order valence-corrected chi connectivity index (χ2v) is 17.6. The molecule has 4 aliphatic heterocycles. The smallest absolute Gasteiger partial charge is 0.322 e. The summed E-state index contributed by atoms with van der Waals surface area (Å²) in [7, 11) is 0. The molecule has 4 aromatic heterocycles. The summed E-state index contributed by atoms with van der Waals surface area (Å²) in [5.41, 5.74) is 4.47. The van der Waals surface area contributed by atoms with Crippen molar-refractivity contribution in [2.45, 2.75) is 85.4 Å². The van der Waals surface area contributed by atoms with Crippen LogP contribution in [0.15, 0.2) is 77.8 Å². The number of urea groups is 2. The Morgan fingerprint density at radius 1 is 0.703 bits per heavy atom. The van der Waals surface area contributed by atoms with Crippen LogP contribution in [-0.4, -0.2) is 102 Å². The average Bonchev–Trinajstić information content (AvgIpc) is 4.12. The van der Waals surface area contributed by atoms with Gasteiger partial charge in [-0.1, -0.05) is 55.9 Å². The number of rotatable bonds is 6. The number of aliphatic hydroxyl groups excluding tert-OH is 1. The van der Waals surface area contributed by atoms with Gasteiger partial charge in [-0.15, -0.1) is 0 Å². The number of nitrogens with zero attached hydrogens (tertiary/aromatic N) is 10. The van der Waals surface area contributed by atoms with Crippen LogP contribution in [0.4, 0.5) is 41.4 Å². The Bertz CT molecular complexity index is 2450. The van der Waals surface area contributed by atoms with Gasteiger partial charge in [-0.2, -0.15) is 10.2 Å². The van der Waals surface area contributed by atoms with Gasteiger partial charge >= 0.3 is 12.1 Å². The second-order valence-electron chi connectivity index (χ2n) is 16.7. The van der Waals surface area contributed by atoms with Gasteiger partial charge in [0.1, 0.15) is 34.6 Å². The maximum atomic E-state index is 14.7. The van der Waals surface area contributed by atoms with E-state index in [1.165, 1.54) is 6.07 Å². The molecule has 0 saturated carbocycles. The van der Waals surface area contributed by atoms with Gasteiger partial charge < -0.3 is 35.3 Å². The van der Waals surface area contributed by atoms with Crippen LogP contribution >= 0.6 is 15.9 Å². The summed E-state index contributed by atoms with van der Waals surface area (Å²) >= 11 is 3.32. The summed E-state index contributed by atoms with van der Waals surface area (Å²) in [5.74, 6) is 1.59. The summed E-state index contributed by atoms with van der Waals surface area (Å²) in [6.07, 6.45) is 11.6. The third kappa shape index (κ3) is 9.48. The van der Waals surface area contributed by atoms with Gasteiger partial charge in [0.15, 0.2) is 11.3 Å². The zero-order chi connectivity index (χ0) is 43.1. The Balaban J connectivity index is 0.000000186. The largest absolute Gasteiger partial charge is 0.391 e. The van der Waals surface area contributed by atoms with E-state index < -0.39 is 6.10 Å². The number of fused-ring (bicyclic) bond motifs is 2. The molecule has 4 amide bonds. The SMILES string of the molecule is C.C.Cc1ccc([C@H]2CCCN2c2ccn3ncc(NC(=O)N4CC[C@H](C)C4)c3n2)c(F)c1.O=C(Nc1cnn2ccc(N3CCC[C@@H]3c3ccc(Br)cc3F)nc12)N1CC[C@H](O)C1. The molecule has 64 heavy (non-hydrogen) atoms. The molecule has 6 aromatic rings. The molecule has 4 atom stereocenters. The number of halogens is 3. The number of aromatic nitrogens is 6. The third-order valence-corrected chi connectivity index (χ3v) is 12.8. The van der Waals surface area contributed by atoms with Crippen molar-refractivity contribution in [3.8, 4) is 0 Å². The number of nitrogens with one attached hydrogen (secondary N) is 2. The molecule has 0 bridgehead atoms. The summed E-state index contributed by atoms with van der Waals surface area (Å²) < 4.78 is 33.2. The Morgan fingerprint density at radius 2 is 1.22 bits per heavy atom. The molecule has 4 fully saturated rings. The summed E-state index contributed by atoms with van der Waals surface area (Å²) in [4.78, 5) is 42.4. The average molecular weight is 944 g/mol. The molecule has 3 N–H and O–H groups in total. The van der Waals surface area contributed by atoms with E-state index in [0.717, 1.165) is 69.7 Å². The molecule has 10 rings (SSSR count). The standard InChI is InChI=1S/C23H27FN6O.C21H22BrFN6O2.2CH4/c1-15-5-6-17(18(24)12-15)20-4-3-9-29(20)21-8-11-30-22(27-21)19(13-25-30)26-23(31)28-10-7-16(2)14-28;22-13-3-4-15(16(23)10-13)18-2-1-7-28(18)19-6-9-29-20(26-19)17(11-24-29)25-21(31)27-8-5-14(30)12-27;;/h5-6,8,11-13,16,20H,3-4,7,9-10,14H2,1-2H3,(H,26,31);3-4,6,9-11,14,18,30H,1-2,5,7-8,12H2,(H,25,31);2*1H4/t16-,20+;14-,18+;;/m00../s1. The van der Waals surface area contributed by atoms with Crippen molar-refractivity contribution in [2.75, 3.05) is 59.7 Å². The highest BCUT2D eigenvalue weighted by atomic mass is 79.9. The van der Waals surface area contributed by atoms with E-state index in [2.05, 4.69) is 53.5 Å². The molecular weight excluding hydrogens is 886 g/mol. The number of hydrogen-bond acceptors (Lipinski definition) is 9. The lowest BCUT2D eigenvalue weighted by molar-refractivity contribution is 0.176. The van der Waals surface area contributed by atoms with E-state index >= 15 is 0 Å². The molecule has 0 unspecified atom stereocenters. The topological polar surface area (TPSA) is 152 Å². The number of aryl methyl sites for hydroxylation is 1. The van der Waals surface area contributed by atoms with Gasteiger partial charge in [0, 0.05) is 67.3 Å². The first-order valence-electron chi connectivity index (χ1n) is 21.2. The van der Waals surface area contributed by atoms with Crippen LogP contribution in [0.25, 0.3) is 11.3 Å². The summed E-state index contributed by atoms with van der Waals surface area (Å²) in [6, 6.07) is 13.8. The number of amides is 4. The molecule has 15 nitrogen and oxygen atoms in total. The zero-order valence-electron chi connectivity index (χ0n) is 34.6. The predicted octanol–water partition coefficient (Wildman–Crippen LogP) is 9.24. The lowest BCUT2D eigenvalue weighted by atomic mass is 10.0. The third-order valence-electron chi connectivity index (χ3n) is 12.3. The Morgan fingerprint density at radius 3 is 1.70 bits per heavy atom. The number of hydrogen-bond donors (Lipinski definition) is 3. The number of benzene rings is 2. The Labute approximate surface area is 380 Å². The lowest BCUT2D eigenvalue weighted by Gasteiger charge is -2.26. The minimum Gasteiger partial charge on any atom is -0.391 e. The van der Waals surface area contributed by atoms with E-state index in [4.69, 9.17) is 9.97 Å². The van der Waals surface area contributed by atoms with Gasteiger partial charge in [0.2, 0.25) is 0 Å². The molecule has 8 heterocycles. The van der Waals surface area contributed by atoms with Crippen molar-refractivity contribution < 1.29 is 23.5 Å². The highest BCUT2D eigenvalue weighted by Gasteiger charge is 2.32. The molecule has 0 aliphatic carbocycles. The fourth-order valence-corrected chi connectivity index (χ4v) is 9.39. The first kappa shape index (κ1) is 46.1. The summed E-state index contributed by atoms with van der Waals surface area (Å²) in [6.45, 7) is 7.99. The van der Waals surface area contributed by atoms with Crippen LogP contribution in [0.5, 0.6) is 0 Å². The van der Waals surface area contributed by atoms with Crippen LogP contribution in [0.1, 0.15) is 89.1 Å². The number of aliphatic hydroxyl groups is 1. The van der Waals surface area contributed by atoms with E-state index in [1.807, 2.05) is 54.4 Å². The van der Waals surface area contributed by atoms with Crippen LogP contribution < -0.4 is 20.4 Å². The Hall–Kier alpha value is -5.88. The van der Waals surface area contributed by atoms with Crippen molar-refractivity contribution >= 4 is 62.3 Å². The van der Waals surface area contributed by atoms with Crippen molar-refractivity contribution in [1.82, 2.24) is 39.0 Å². The number of likely N-dealkylation sites (tertiary alicyclic amines) is 2. The van der Waals surface area contributed by atoms with Gasteiger partial charge in [0.05, 0.1) is 30.6 Å². The minimum absolute atomic E-state index is 0. The van der Waals surface area contributed by atoms with Crippen LogP contribution in [0.3, 0.4) is 0 Å². The number of carbonyl (C=O) groups excluding carboxylic acids is 2. The second kappa shape index (κ2) is 19.5. The van der Waals surface area contributed by atoms with E-state index in [1.54, 1.807) is 38.6 Å². The highest BCUT2D eigenvalue weighted by molar-refractivity contribution is 9.10. The van der Waals surface area contributed by atoms with Gasteiger partial charge in [-0.05, 0) is 87.3 Å². The molecule has 0 radical (unpaired) electrons. The minimum atomic E-state index is -0.481. The van der Waals surface area contributed by atoms with Crippen molar-refractivity contribution in [3.05, 3.63) is 106 Å². The van der Waals surface area contributed by atoms with Gasteiger partial charge in [-0.25, -0.2) is 37.4 Å². The predicted molar refractivity (Wildman–Crippen MR) is 249 cm³/mol. The van der Waals surface area contributed by atoms with Crippen LogP contribution in [0.2, 0.25) is 0 Å². The van der Waals surface area contributed by atoms with E-state index in [9.17, 15) is 23.5 Å². The van der Waals surface area contributed by atoms with Crippen LogP contribution in [0, 0.1) is 24.5 Å². The van der Waals surface area contributed by atoms with Crippen molar-refractivity contribution in [2.24, 2.45) is 5.92 Å².